The number of carbonyl (C=O) groups excluding carboxylic acids is 1. The molecule has 3 nitrogen and oxygen atoms in total. The maximum atomic E-state index is 12.2. The highest BCUT2D eigenvalue weighted by Gasteiger charge is 2.31. The SMILES string of the molecule is CCCC(C)(C)NC(=O)C1CC(C)CC(N)C1. The molecule has 0 radical (unpaired) electrons. The minimum absolute atomic E-state index is 0.0867. The van der Waals surface area contributed by atoms with Crippen molar-refractivity contribution in [2.45, 2.75) is 71.4 Å². The predicted molar refractivity (Wildman–Crippen MR) is 71.6 cm³/mol. The fourth-order valence-corrected chi connectivity index (χ4v) is 2.99. The number of hydrogen-bond acceptors (Lipinski definition) is 2. The highest BCUT2D eigenvalue weighted by molar-refractivity contribution is 5.79. The zero-order valence-corrected chi connectivity index (χ0v) is 11.8. The molecule has 0 aromatic rings. The minimum atomic E-state index is -0.0867. The summed E-state index contributed by atoms with van der Waals surface area (Å²) in [5.74, 6) is 0.888. The first-order chi connectivity index (χ1) is 7.84. The average molecular weight is 240 g/mol. The topological polar surface area (TPSA) is 55.1 Å². The molecule has 3 N–H and O–H groups in total. The molecule has 3 unspecified atom stereocenters. The van der Waals surface area contributed by atoms with E-state index in [4.69, 9.17) is 5.73 Å². The van der Waals surface area contributed by atoms with E-state index < -0.39 is 0 Å². The van der Waals surface area contributed by atoms with Crippen LogP contribution in [0.3, 0.4) is 0 Å². The summed E-state index contributed by atoms with van der Waals surface area (Å²) in [6, 6.07) is 0.198. The zero-order chi connectivity index (χ0) is 13.1. The van der Waals surface area contributed by atoms with Crippen LogP contribution in [0, 0.1) is 11.8 Å². The zero-order valence-electron chi connectivity index (χ0n) is 11.8. The van der Waals surface area contributed by atoms with Crippen LogP contribution < -0.4 is 11.1 Å². The van der Waals surface area contributed by atoms with Crippen LogP contribution in [-0.2, 0) is 4.79 Å². The largest absolute Gasteiger partial charge is 0.351 e. The van der Waals surface area contributed by atoms with Crippen molar-refractivity contribution in [3.63, 3.8) is 0 Å². The Bertz CT molecular complexity index is 253. The molecule has 1 aliphatic rings. The predicted octanol–water partition coefficient (Wildman–Crippen LogP) is 2.44. The van der Waals surface area contributed by atoms with Crippen LogP contribution in [0.15, 0.2) is 0 Å². The molecule has 17 heavy (non-hydrogen) atoms. The molecule has 1 aliphatic carbocycles. The Morgan fingerprint density at radius 2 is 2.00 bits per heavy atom. The molecule has 100 valence electrons. The number of hydrogen-bond donors (Lipinski definition) is 2. The van der Waals surface area contributed by atoms with E-state index in [-0.39, 0.29) is 23.4 Å². The molecule has 0 heterocycles. The second-order valence-electron chi connectivity index (χ2n) is 6.39. The van der Waals surface area contributed by atoms with Gasteiger partial charge in [-0.25, -0.2) is 0 Å². The van der Waals surface area contributed by atoms with Gasteiger partial charge in [0.05, 0.1) is 0 Å². The third kappa shape index (κ3) is 4.66. The Morgan fingerprint density at radius 3 is 2.53 bits per heavy atom. The molecule has 0 aromatic heterocycles. The molecule has 1 saturated carbocycles. The summed E-state index contributed by atoms with van der Waals surface area (Å²) in [4.78, 5) is 12.2. The smallest absolute Gasteiger partial charge is 0.223 e. The molecule has 3 heteroatoms. The van der Waals surface area contributed by atoms with Gasteiger partial charge in [0.2, 0.25) is 5.91 Å². The van der Waals surface area contributed by atoms with Gasteiger partial charge in [-0.2, -0.15) is 0 Å². The highest BCUT2D eigenvalue weighted by atomic mass is 16.2. The summed E-state index contributed by atoms with van der Waals surface area (Å²) < 4.78 is 0. The third-order valence-electron chi connectivity index (χ3n) is 3.69. The van der Waals surface area contributed by atoms with Gasteiger partial charge >= 0.3 is 0 Å². The molecule has 1 amide bonds. The minimum Gasteiger partial charge on any atom is -0.351 e. The molecule has 0 bridgehead atoms. The number of carbonyl (C=O) groups is 1. The fraction of sp³-hybridized carbons (Fsp3) is 0.929. The Morgan fingerprint density at radius 1 is 1.35 bits per heavy atom. The van der Waals surface area contributed by atoms with E-state index in [0.717, 1.165) is 32.1 Å². The van der Waals surface area contributed by atoms with Crippen LogP contribution in [0.2, 0.25) is 0 Å². The van der Waals surface area contributed by atoms with Gasteiger partial charge in [-0.1, -0.05) is 20.3 Å². The summed E-state index contributed by atoms with van der Waals surface area (Å²) in [6.45, 7) is 8.53. The van der Waals surface area contributed by atoms with E-state index in [2.05, 4.69) is 33.0 Å². The highest BCUT2D eigenvalue weighted by Crippen LogP contribution is 2.28. The van der Waals surface area contributed by atoms with Crippen LogP contribution in [0.5, 0.6) is 0 Å². The number of nitrogens with one attached hydrogen (secondary N) is 1. The van der Waals surface area contributed by atoms with Crippen molar-refractivity contribution < 1.29 is 4.79 Å². The van der Waals surface area contributed by atoms with Gasteiger partial charge in [-0.15, -0.1) is 0 Å². The van der Waals surface area contributed by atoms with Gasteiger partial charge in [-0.3, -0.25) is 4.79 Å². The Balaban J connectivity index is 2.52. The number of amides is 1. The standard InChI is InChI=1S/C14H28N2O/c1-5-6-14(3,4)16-13(17)11-7-10(2)8-12(15)9-11/h10-12H,5-9,15H2,1-4H3,(H,16,17). The molecule has 0 aliphatic heterocycles. The van der Waals surface area contributed by atoms with Crippen LogP contribution in [-0.4, -0.2) is 17.5 Å². The van der Waals surface area contributed by atoms with Crippen molar-refractivity contribution in [3.05, 3.63) is 0 Å². The van der Waals surface area contributed by atoms with Gasteiger partial charge in [0.25, 0.3) is 0 Å². The lowest BCUT2D eigenvalue weighted by Gasteiger charge is -2.34. The normalized spacial score (nSPS) is 30.1. The van der Waals surface area contributed by atoms with Crippen LogP contribution >= 0.6 is 0 Å². The van der Waals surface area contributed by atoms with E-state index in [9.17, 15) is 4.79 Å². The van der Waals surface area contributed by atoms with Gasteiger partial charge in [0, 0.05) is 17.5 Å². The second-order valence-corrected chi connectivity index (χ2v) is 6.39. The van der Waals surface area contributed by atoms with Crippen LogP contribution in [0.1, 0.15) is 59.8 Å². The van der Waals surface area contributed by atoms with Crippen LogP contribution in [0.25, 0.3) is 0 Å². The molecular weight excluding hydrogens is 212 g/mol. The molecule has 1 fully saturated rings. The number of rotatable bonds is 4. The quantitative estimate of drug-likeness (QED) is 0.793. The Labute approximate surface area is 106 Å². The van der Waals surface area contributed by atoms with Gasteiger partial charge in [-0.05, 0) is 45.4 Å². The van der Waals surface area contributed by atoms with Crippen molar-refractivity contribution in [3.8, 4) is 0 Å². The molecule has 3 atom stereocenters. The molecular formula is C14H28N2O. The van der Waals surface area contributed by atoms with Gasteiger partial charge < -0.3 is 11.1 Å². The number of nitrogens with two attached hydrogens (primary N) is 1. The summed E-state index contributed by atoms with van der Waals surface area (Å²) in [6.07, 6.45) is 5.00. The van der Waals surface area contributed by atoms with E-state index in [1.807, 2.05) is 0 Å². The fourth-order valence-electron chi connectivity index (χ4n) is 2.99. The summed E-state index contributed by atoms with van der Waals surface area (Å²) >= 11 is 0. The summed E-state index contributed by atoms with van der Waals surface area (Å²) in [7, 11) is 0. The molecule has 0 aromatic carbocycles. The monoisotopic (exact) mass is 240 g/mol. The first-order valence-electron chi connectivity index (χ1n) is 6.91. The van der Waals surface area contributed by atoms with E-state index >= 15 is 0 Å². The first-order valence-corrected chi connectivity index (χ1v) is 6.91. The molecule has 0 saturated heterocycles. The Hall–Kier alpha value is -0.570. The van der Waals surface area contributed by atoms with Crippen LogP contribution in [0.4, 0.5) is 0 Å². The molecule has 0 spiro atoms. The lowest BCUT2D eigenvalue weighted by molar-refractivity contribution is -0.128. The van der Waals surface area contributed by atoms with Crippen molar-refractivity contribution in [1.82, 2.24) is 5.32 Å². The van der Waals surface area contributed by atoms with Gasteiger partial charge in [0.1, 0.15) is 0 Å². The lowest BCUT2D eigenvalue weighted by Crippen LogP contribution is -2.48. The van der Waals surface area contributed by atoms with E-state index in [1.165, 1.54) is 0 Å². The van der Waals surface area contributed by atoms with Gasteiger partial charge in [0.15, 0.2) is 0 Å². The first kappa shape index (κ1) is 14.5. The summed E-state index contributed by atoms with van der Waals surface area (Å²) in [5, 5.41) is 3.17. The average Bonchev–Trinajstić information content (AvgIpc) is 2.14. The third-order valence-corrected chi connectivity index (χ3v) is 3.69. The molecule has 1 rings (SSSR count). The maximum Gasteiger partial charge on any atom is 0.223 e. The summed E-state index contributed by atoms with van der Waals surface area (Å²) in [5.41, 5.74) is 5.91. The van der Waals surface area contributed by atoms with E-state index in [0.29, 0.717) is 5.92 Å². The maximum absolute atomic E-state index is 12.2. The van der Waals surface area contributed by atoms with E-state index in [1.54, 1.807) is 0 Å². The lowest BCUT2D eigenvalue weighted by atomic mass is 9.79. The second kappa shape index (κ2) is 5.85. The van der Waals surface area contributed by atoms with Crippen molar-refractivity contribution >= 4 is 5.91 Å². The van der Waals surface area contributed by atoms with Crippen molar-refractivity contribution in [1.29, 1.82) is 0 Å². The van der Waals surface area contributed by atoms with Crippen molar-refractivity contribution in [2.24, 2.45) is 17.6 Å². The van der Waals surface area contributed by atoms with Crippen molar-refractivity contribution in [2.75, 3.05) is 0 Å². The Kier molecular flexibility index (Phi) is 4.99.